The van der Waals surface area contributed by atoms with Crippen molar-refractivity contribution in [1.82, 2.24) is 4.57 Å². The van der Waals surface area contributed by atoms with Crippen molar-refractivity contribution >= 4 is 12.3 Å². The van der Waals surface area contributed by atoms with Gasteiger partial charge in [-0.2, -0.15) is 0 Å². The van der Waals surface area contributed by atoms with E-state index in [0.29, 0.717) is 11.6 Å². The van der Waals surface area contributed by atoms with Gasteiger partial charge in [-0.1, -0.05) is 32.1 Å². The molecule has 0 bridgehead atoms. The van der Waals surface area contributed by atoms with Crippen molar-refractivity contribution in [2.45, 2.75) is 44.6 Å². The van der Waals surface area contributed by atoms with Crippen LogP contribution in [-0.4, -0.2) is 23.9 Å². The maximum Gasteiger partial charge on any atom is 0.328 e. The van der Waals surface area contributed by atoms with Gasteiger partial charge in [0.05, 0.1) is 12.8 Å². The van der Waals surface area contributed by atoms with Gasteiger partial charge in [-0.3, -0.25) is 4.79 Å². The quantitative estimate of drug-likeness (QED) is 0.606. The number of aromatic nitrogens is 1. The molecule has 1 aliphatic carbocycles. The van der Waals surface area contributed by atoms with Crippen LogP contribution in [0.5, 0.6) is 0 Å². The normalized spacial score (nSPS) is 17.9. The summed E-state index contributed by atoms with van der Waals surface area (Å²) in [5.41, 5.74) is 0.534. The van der Waals surface area contributed by atoms with E-state index in [4.69, 9.17) is 4.74 Å². The SMILES string of the molecule is COC(=O)C(CC1CCCCC1)n1cccc1C=O. The fourth-order valence-electron chi connectivity index (χ4n) is 2.99. The molecule has 1 unspecified atom stereocenters. The lowest BCUT2D eigenvalue weighted by molar-refractivity contribution is -0.145. The van der Waals surface area contributed by atoms with Crippen molar-refractivity contribution in [2.75, 3.05) is 7.11 Å². The van der Waals surface area contributed by atoms with Crippen molar-refractivity contribution in [3.63, 3.8) is 0 Å². The van der Waals surface area contributed by atoms with Crippen molar-refractivity contribution in [2.24, 2.45) is 5.92 Å². The van der Waals surface area contributed by atoms with Gasteiger partial charge in [0.2, 0.25) is 0 Å². The van der Waals surface area contributed by atoms with E-state index in [-0.39, 0.29) is 12.0 Å². The number of rotatable bonds is 5. The highest BCUT2D eigenvalue weighted by Crippen LogP contribution is 2.31. The first-order chi connectivity index (χ1) is 9.26. The Balaban J connectivity index is 2.15. The number of hydrogen-bond acceptors (Lipinski definition) is 3. The van der Waals surface area contributed by atoms with Gasteiger partial charge in [0, 0.05) is 6.20 Å². The predicted octanol–water partition coefficient (Wildman–Crippen LogP) is 2.99. The number of aldehydes is 1. The summed E-state index contributed by atoms with van der Waals surface area (Å²) in [6.07, 6.45) is 9.46. The molecule has 1 saturated carbocycles. The van der Waals surface area contributed by atoms with Crippen LogP contribution in [0.3, 0.4) is 0 Å². The fourth-order valence-corrected chi connectivity index (χ4v) is 2.99. The first kappa shape index (κ1) is 13.8. The summed E-state index contributed by atoms with van der Waals surface area (Å²) in [6.45, 7) is 0. The summed E-state index contributed by atoms with van der Waals surface area (Å²) in [4.78, 5) is 23.0. The van der Waals surface area contributed by atoms with Crippen LogP contribution in [0, 0.1) is 5.92 Å². The zero-order valence-corrected chi connectivity index (χ0v) is 11.4. The molecule has 1 aliphatic rings. The minimum Gasteiger partial charge on any atom is -0.467 e. The van der Waals surface area contributed by atoms with E-state index in [1.807, 2.05) is 0 Å². The molecule has 0 saturated heterocycles. The van der Waals surface area contributed by atoms with Gasteiger partial charge in [0.25, 0.3) is 0 Å². The lowest BCUT2D eigenvalue weighted by atomic mass is 9.84. The summed E-state index contributed by atoms with van der Waals surface area (Å²) in [6, 6.07) is 3.15. The molecular formula is C15H21NO3. The summed E-state index contributed by atoms with van der Waals surface area (Å²) < 4.78 is 6.64. The Morgan fingerprint density at radius 1 is 1.47 bits per heavy atom. The van der Waals surface area contributed by atoms with Crippen molar-refractivity contribution in [3.8, 4) is 0 Å². The summed E-state index contributed by atoms with van der Waals surface area (Å²) in [7, 11) is 1.40. The van der Waals surface area contributed by atoms with E-state index < -0.39 is 0 Å². The first-order valence-corrected chi connectivity index (χ1v) is 6.96. The van der Waals surface area contributed by atoms with E-state index in [1.54, 1.807) is 22.9 Å². The Kier molecular flexibility index (Phi) is 4.77. The largest absolute Gasteiger partial charge is 0.467 e. The van der Waals surface area contributed by atoms with Gasteiger partial charge >= 0.3 is 5.97 Å². The van der Waals surface area contributed by atoms with E-state index in [9.17, 15) is 9.59 Å². The lowest BCUT2D eigenvalue weighted by Gasteiger charge is -2.26. The Morgan fingerprint density at radius 2 is 2.21 bits per heavy atom. The second kappa shape index (κ2) is 6.55. The average Bonchev–Trinajstić information content (AvgIpc) is 2.93. The Labute approximate surface area is 113 Å². The molecule has 0 aromatic carbocycles. The Bertz CT molecular complexity index is 432. The van der Waals surface area contributed by atoms with Gasteiger partial charge in [0.15, 0.2) is 6.29 Å². The molecule has 0 N–H and O–H groups in total. The maximum atomic E-state index is 12.0. The molecule has 0 spiro atoms. The highest BCUT2D eigenvalue weighted by molar-refractivity contribution is 5.78. The third kappa shape index (κ3) is 3.25. The monoisotopic (exact) mass is 263 g/mol. The highest BCUT2D eigenvalue weighted by Gasteiger charge is 2.27. The van der Waals surface area contributed by atoms with Gasteiger partial charge in [-0.25, -0.2) is 4.79 Å². The number of esters is 1. The summed E-state index contributed by atoms with van der Waals surface area (Å²) in [5.74, 6) is 0.296. The Hall–Kier alpha value is -1.58. The molecule has 2 rings (SSSR count). The van der Waals surface area contributed by atoms with Crippen LogP contribution >= 0.6 is 0 Å². The van der Waals surface area contributed by atoms with Gasteiger partial charge in [-0.05, 0) is 24.5 Å². The van der Waals surface area contributed by atoms with Crippen LogP contribution in [-0.2, 0) is 9.53 Å². The predicted molar refractivity (Wildman–Crippen MR) is 72.1 cm³/mol. The van der Waals surface area contributed by atoms with Gasteiger partial charge < -0.3 is 9.30 Å². The molecule has 4 nitrogen and oxygen atoms in total. The average molecular weight is 263 g/mol. The number of hydrogen-bond donors (Lipinski definition) is 0. The molecule has 19 heavy (non-hydrogen) atoms. The zero-order chi connectivity index (χ0) is 13.7. The molecule has 0 amide bonds. The van der Waals surface area contributed by atoms with Crippen molar-refractivity contribution in [1.29, 1.82) is 0 Å². The minimum absolute atomic E-state index is 0.259. The third-order valence-electron chi connectivity index (χ3n) is 4.02. The fraction of sp³-hybridized carbons (Fsp3) is 0.600. The molecule has 4 heteroatoms. The molecule has 1 aromatic rings. The molecule has 1 atom stereocenters. The van der Waals surface area contributed by atoms with Crippen molar-refractivity contribution in [3.05, 3.63) is 24.0 Å². The second-order valence-electron chi connectivity index (χ2n) is 5.24. The van der Waals surface area contributed by atoms with E-state index in [2.05, 4.69) is 0 Å². The van der Waals surface area contributed by atoms with Gasteiger partial charge in [0.1, 0.15) is 6.04 Å². The van der Waals surface area contributed by atoms with Gasteiger partial charge in [-0.15, -0.1) is 0 Å². The van der Waals surface area contributed by atoms with E-state index in [0.717, 1.165) is 12.7 Å². The van der Waals surface area contributed by atoms with E-state index >= 15 is 0 Å². The zero-order valence-electron chi connectivity index (χ0n) is 11.4. The molecule has 104 valence electrons. The molecule has 0 radical (unpaired) electrons. The highest BCUT2D eigenvalue weighted by atomic mass is 16.5. The number of carbonyl (C=O) groups excluding carboxylic acids is 2. The standard InChI is InChI=1S/C15H21NO3/c1-19-15(18)14(10-12-6-3-2-4-7-12)16-9-5-8-13(16)11-17/h5,8-9,11-12,14H,2-4,6-7,10H2,1H3. The number of methoxy groups -OCH3 is 1. The van der Waals surface area contributed by atoms with Crippen LogP contribution in [0.2, 0.25) is 0 Å². The number of carbonyl (C=O) groups is 2. The topological polar surface area (TPSA) is 48.3 Å². The molecule has 1 aromatic heterocycles. The number of nitrogens with zero attached hydrogens (tertiary/aromatic N) is 1. The summed E-state index contributed by atoms with van der Waals surface area (Å²) >= 11 is 0. The molecule has 1 fully saturated rings. The van der Waals surface area contributed by atoms with Crippen molar-refractivity contribution < 1.29 is 14.3 Å². The Morgan fingerprint density at radius 3 is 2.84 bits per heavy atom. The van der Waals surface area contributed by atoms with E-state index in [1.165, 1.54) is 39.2 Å². The second-order valence-corrected chi connectivity index (χ2v) is 5.24. The smallest absolute Gasteiger partial charge is 0.328 e. The van der Waals surface area contributed by atoms with Crippen LogP contribution in [0.1, 0.15) is 55.1 Å². The molecular weight excluding hydrogens is 242 g/mol. The van der Waals surface area contributed by atoms with Crippen LogP contribution in [0.15, 0.2) is 18.3 Å². The minimum atomic E-state index is -0.372. The molecule has 1 heterocycles. The van der Waals surface area contributed by atoms with Crippen LogP contribution in [0.25, 0.3) is 0 Å². The van der Waals surface area contributed by atoms with Crippen LogP contribution < -0.4 is 0 Å². The summed E-state index contributed by atoms with van der Waals surface area (Å²) in [5, 5.41) is 0. The lowest BCUT2D eigenvalue weighted by Crippen LogP contribution is -2.25. The maximum absolute atomic E-state index is 12.0. The molecule has 0 aliphatic heterocycles. The number of ether oxygens (including phenoxy) is 1. The first-order valence-electron chi connectivity index (χ1n) is 6.96. The third-order valence-corrected chi connectivity index (χ3v) is 4.02. The van der Waals surface area contributed by atoms with Crippen LogP contribution in [0.4, 0.5) is 0 Å².